The van der Waals surface area contributed by atoms with Gasteiger partial charge in [0.2, 0.25) is 0 Å². The minimum Gasteiger partial charge on any atom is -0.481 e. The lowest BCUT2D eigenvalue weighted by atomic mass is 10.1. The third-order valence-electron chi connectivity index (χ3n) is 3.28. The molecule has 1 fully saturated rings. The zero-order valence-corrected chi connectivity index (χ0v) is 11.0. The van der Waals surface area contributed by atoms with Crippen molar-refractivity contribution in [1.29, 1.82) is 0 Å². The zero-order valence-electron chi connectivity index (χ0n) is 11.0. The lowest BCUT2D eigenvalue weighted by Gasteiger charge is -2.16. The summed E-state index contributed by atoms with van der Waals surface area (Å²) in [6.45, 7) is 0.773. The van der Waals surface area contributed by atoms with E-state index >= 15 is 0 Å². The highest BCUT2D eigenvalue weighted by Gasteiger charge is 2.31. The lowest BCUT2D eigenvalue weighted by Crippen LogP contribution is -2.30. The number of aromatic nitrogens is 1. The van der Waals surface area contributed by atoms with Crippen LogP contribution in [0.2, 0.25) is 0 Å². The smallest absolute Gasteiger partial charge is 0.308 e. The summed E-state index contributed by atoms with van der Waals surface area (Å²) < 4.78 is 0. The number of carboxylic acids is 1. The maximum absolute atomic E-state index is 12.2. The third-order valence-corrected chi connectivity index (χ3v) is 3.28. The number of aliphatic carboxylic acids is 1. The Bertz CT molecular complexity index is 484. The van der Waals surface area contributed by atoms with Gasteiger partial charge in [0, 0.05) is 33.4 Å². The van der Waals surface area contributed by atoms with Gasteiger partial charge in [0.25, 0.3) is 5.91 Å². The average molecular weight is 263 g/mol. The molecule has 1 atom stereocenters. The first-order chi connectivity index (χ1) is 8.99. The Morgan fingerprint density at radius 3 is 2.63 bits per heavy atom. The molecule has 2 rings (SSSR count). The van der Waals surface area contributed by atoms with Crippen LogP contribution in [-0.4, -0.2) is 54.1 Å². The van der Waals surface area contributed by atoms with Crippen molar-refractivity contribution in [3.8, 4) is 0 Å². The molecule has 0 spiro atoms. The van der Waals surface area contributed by atoms with Crippen molar-refractivity contribution in [2.75, 3.05) is 32.1 Å². The number of carbonyl (C=O) groups excluding carboxylic acids is 1. The molecular formula is C13H17N3O3. The molecule has 1 aliphatic rings. The van der Waals surface area contributed by atoms with Gasteiger partial charge in [-0.25, -0.2) is 4.98 Å². The summed E-state index contributed by atoms with van der Waals surface area (Å²) in [5, 5.41) is 8.93. The molecule has 19 heavy (non-hydrogen) atoms. The SMILES string of the molecule is CN(C)c1ccc(C(=O)N2CCC(C(=O)O)C2)cn1. The Labute approximate surface area is 111 Å². The van der Waals surface area contributed by atoms with Gasteiger partial charge < -0.3 is 14.9 Å². The van der Waals surface area contributed by atoms with E-state index in [0.29, 0.717) is 18.5 Å². The molecule has 0 aliphatic carbocycles. The number of nitrogens with zero attached hydrogens (tertiary/aromatic N) is 3. The number of likely N-dealkylation sites (tertiary alicyclic amines) is 1. The van der Waals surface area contributed by atoms with E-state index in [1.165, 1.54) is 6.20 Å². The average Bonchev–Trinajstić information content (AvgIpc) is 2.87. The minimum atomic E-state index is -0.837. The number of carboxylic acid groups (broad SMARTS) is 1. The van der Waals surface area contributed by atoms with Crippen LogP contribution in [0.3, 0.4) is 0 Å². The van der Waals surface area contributed by atoms with E-state index in [9.17, 15) is 9.59 Å². The van der Waals surface area contributed by atoms with E-state index in [1.807, 2.05) is 19.0 Å². The van der Waals surface area contributed by atoms with Crippen molar-refractivity contribution >= 4 is 17.7 Å². The van der Waals surface area contributed by atoms with Crippen LogP contribution in [0, 0.1) is 5.92 Å². The maximum atomic E-state index is 12.2. The summed E-state index contributed by atoms with van der Waals surface area (Å²) in [6.07, 6.45) is 2.05. The van der Waals surface area contributed by atoms with E-state index in [0.717, 1.165) is 5.82 Å². The molecule has 1 aromatic heterocycles. The van der Waals surface area contributed by atoms with E-state index in [1.54, 1.807) is 17.0 Å². The normalized spacial score (nSPS) is 18.4. The second kappa shape index (κ2) is 5.26. The Balaban J connectivity index is 2.06. The van der Waals surface area contributed by atoms with Crippen LogP contribution in [0.1, 0.15) is 16.8 Å². The molecule has 0 saturated carbocycles. The molecule has 1 saturated heterocycles. The summed E-state index contributed by atoms with van der Waals surface area (Å²) in [5.41, 5.74) is 0.497. The molecule has 6 nitrogen and oxygen atoms in total. The van der Waals surface area contributed by atoms with Crippen LogP contribution in [0.15, 0.2) is 18.3 Å². The van der Waals surface area contributed by atoms with E-state index in [-0.39, 0.29) is 12.5 Å². The predicted molar refractivity (Wildman–Crippen MR) is 70.2 cm³/mol. The Kier molecular flexibility index (Phi) is 3.69. The molecule has 0 aromatic carbocycles. The molecule has 0 bridgehead atoms. The van der Waals surface area contributed by atoms with Gasteiger partial charge in [0.1, 0.15) is 5.82 Å². The maximum Gasteiger partial charge on any atom is 0.308 e. The fourth-order valence-electron chi connectivity index (χ4n) is 2.11. The third kappa shape index (κ3) is 2.83. The lowest BCUT2D eigenvalue weighted by molar-refractivity contribution is -0.141. The van der Waals surface area contributed by atoms with Crippen molar-refractivity contribution in [2.45, 2.75) is 6.42 Å². The summed E-state index contributed by atoms with van der Waals surface area (Å²) in [6, 6.07) is 3.50. The molecule has 2 heterocycles. The second-order valence-electron chi connectivity index (χ2n) is 4.87. The molecule has 102 valence electrons. The van der Waals surface area contributed by atoms with Crippen LogP contribution < -0.4 is 4.90 Å². The van der Waals surface area contributed by atoms with Crippen molar-refractivity contribution in [1.82, 2.24) is 9.88 Å². The number of hydrogen-bond acceptors (Lipinski definition) is 4. The van der Waals surface area contributed by atoms with E-state index < -0.39 is 11.9 Å². The summed E-state index contributed by atoms with van der Waals surface area (Å²) in [7, 11) is 3.75. The fraction of sp³-hybridized carbons (Fsp3) is 0.462. The number of anilines is 1. The Hall–Kier alpha value is -2.11. The van der Waals surface area contributed by atoms with Crippen LogP contribution in [0.5, 0.6) is 0 Å². The number of amides is 1. The highest BCUT2D eigenvalue weighted by atomic mass is 16.4. The highest BCUT2D eigenvalue weighted by Crippen LogP contribution is 2.19. The van der Waals surface area contributed by atoms with Crippen molar-refractivity contribution in [3.05, 3.63) is 23.9 Å². The molecular weight excluding hydrogens is 246 g/mol. The van der Waals surface area contributed by atoms with Gasteiger partial charge >= 0.3 is 5.97 Å². The monoisotopic (exact) mass is 263 g/mol. The van der Waals surface area contributed by atoms with Gasteiger partial charge in [0.05, 0.1) is 11.5 Å². The summed E-state index contributed by atoms with van der Waals surface area (Å²) in [5.74, 6) is -0.655. The van der Waals surface area contributed by atoms with Crippen LogP contribution in [0.4, 0.5) is 5.82 Å². The Morgan fingerprint density at radius 2 is 2.16 bits per heavy atom. The Morgan fingerprint density at radius 1 is 1.42 bits per heavy atom. The van der Waals surface area contributed by atoms with E-state index in [4.69, 9.17) is 5.11 Å². The van der Waals surface area contributed by atoms with E-state index in [2.05, 4.69) is 4.98 Å². The first kappa shape index (κ1) is 13.3. The van der Waals surface area contributed by atoms with Crippen LogP contribution in [-0.2, 0) is 4.79 Å². The van der Waals surface area contributed by atoms with Gasteiger partial charge in [-0.15, -0.1) is 0 Å². The van der Waals surface area contributed by atoms with Crippen molar-refractivity contribution < 1.29 is 14.7 Å². The zero-order chi connectivity index (χ0) is 14.0. The first-order valence-electron chi connectivity index (χ1n) is 6.14. The molecule has 1 unspecified atom stereocenters. The van der Waals surface area contributed by atoms with Gasteiger partial charge in [0.15, 0.2) is 0 Å². The fourth-order valence-corrected chi connectivity index (χ4v) is 2.11. The van der Waals surface area contributed by atoms with Gasteiger partial charge in [-0.2, -0.15) is 0 Å². The standard InChI is InChI=1S/C13H17N3O3/c1-15(2)11-4-3-9(7-14-11)12(17)16-6-5-10(8-16)13(18)19/h3-4,7,10H,5-6,8H2,1-2H3,(H,18,19). The summed E-state index contributed by atoms with van der Waals surface area (Å²) in [4.78, 5) is 30.7. The molecule has 6 heteroatoms. The highest BCUT2D eigenvalue weighted by molar-refractivity contribution is 5.94. The minimum absolute atomic E-state index is 0.151. The van der Waals surface area contributed by atoms with Gasteiger partial charge in [-0.05, 0) is 18.6 Å². The molecule has 1 N–H and O–H groups in total. The van der Waals surface area contributed by atoms with Gasteiger partial charge in [-0.1, -0.05) is 0 Å². The topological polar surface area (TPSA) is 73.7 Å². The largest absolute Gasteiger partial charge is 0.481 e. The van der Waals surface area contributed by atoms with Crippen LogP contribution in [0.25, 0.3) is 0 Å². The first-order valence-corrected chi connectivity index (χ1v) is 6.14. The molecule has 1 amide bonds. The van der Waals surface area contributed by atoms with Crippen LogP contribution >= 0.6 is 0 Å². The van der Waals surface area contributed by atoms with Gasteiger partial charge in [-0.3, -0.25) is 9.59 Å². The number of carbonyl (C=O) groups is 2. The quantitative estimate of drug-likeness (QED) is 0.868. The molecule has 1 aromatic rings. The second-order valence-corrected chi connectivity index (χ2v) is 4.87. The number of rotatable bonds is 3. The summed E-state index contributed by atoms with van der Waals surface area (Å²) >= 11 is 0. The molecule has 0 radical (unpaired) electrons. The molecule has 1 aliphatic heterocycles. The van der Waals surface area contributed by atoms with Crippen molar-refractivity contribution in [3.63, 3.8) is 0 Å². The number of pyridine rings is 1. The number of hydrogen-bond donors (Lipinski definition) is 1. The predicted octanol–water partition coefficient (Wildman–Crippen LogP) is 0.694. The van der Waals surface area contributed by atoms with Crippen molar-refractivity contribution in [2.24, 2.45) is 5.92 Å².